The Bertz CT molecular complexity index is 486. The maximum Gasteiger partial charge on any atom is 0.0994 e. The third-order valence-electron chi connectivity index (χ3n) is 3.43. The van der Waals surface area contributed by atoms with E-state index in [1.807, 2.05) is 19.1 Å². The maximum atomic E-state index is 9.28. The zero-order valence-corrected chi connectivity index (χ0v) is 11.4. The number of nitrogens with zero attached hydrogens (tertiary/aromatic N) is 1. The largest absolute Gasteiger partial charge is 0.396 e. The van der Waals surface area contributed by atoms with Gasteiger partial charge in [-0.2, -0.15) is 0 Å². The number of fused-ring (bicyclic) bond motifs is 1. The zero-order chi connectivity index (χ0) is 13.8. The number of rotatable bonds is 5. The summed E-state index contributed by atoms with van der Waals surface area (Å²) in [6, 6.07) is 4.07. The van der Waals surface area contributed by atoms with Gasteiger partial charge in [0.2, 0.25) is 0 Å². The van der Waals surface area contributed by atoms with E-state index in [1.165, 1.54) is 11.1 Å². The van der Waals surface area contributed by atoms with Crippen LogP contribution in [0.3, 0.4) is 0 Å². The first-order valence-electron chi connectivity index (χ1n) is 6.56. The molecular weight excluding hydrogens is 242 g/mol. The molecule has 0 bridgehead atoms. The minimum Gasteiger partial charge on any atom is -0.396 e. The summed E-state index contributed by atoms with van der Waals surface area (Å²) in [5.41, 5.74) is 12.7. The fraction of sp³-hybridized carbons (Fsp3) is 0.500. The van der Waals surface area contributed by atoms with E-state index in [9.17, 15) is 5.11 Å². The van der Waals surface area contributed by atoms with Gasteiger partial charge in [0.1, 0.15) is 0 Å². The average molecular weight is 263 g/mol. The first kappa shape index (κ1) is 13.8. The van der Waals surface area contributed by atoms with Crippen LogP contribution in [0.4, 0.5) is 11.4 Å². The fourth-order valence-corrected chi connectivity index (χ4v) is 2.40. The van der Waals surface area contributed by atoms with Gasteiger partial charge >= 0.3 is 0 Å². The zero-order valence-electron chi connectivity index (χ0n) is 11.4. The van der Waals surface area contributed by atoms with E-state index < -0.39 is 0 Å². The molecule has 104 valence electrons. The minimum atomic E-state index is 0.220. The summed E-state index contributed by atoms with van der Waals surface area (Å²) in [6.07, 6.45) is 2.51. The summed E-state index contributed by atoms with van der Waals surface area (Å²) in [5, 5.41) is 9.28. The summed E-state index contributed by atoms with van der Waals surface area (Å²) in [5.74, 6) is 0.906. The Labute approximate surface area is 113 Å². The van der Waals surface area contributed by atoms with Gasteiger partial charge in [0.05, 0.1) is 24.3 Å². The van der Waals surface area contributed by atoms with E-state index in [-0.39, 0.29) is 6.61 Å². The molecule has 5 heteroatoms. The SMILES string of the molecule is CCC(N)=Nc1cc2c(cc1NOC)CC(CO)C2. The number of anilines is 1. The van der Waals surface area contributed by atoms with E-state index >= 15 is 0 Å². The molecule has 1 atom stereocenters. The highest BCUT2D eigenvalue weighted by Crippen LogP contribution is 2.35. The predicted molar refractivity (Wildman–Crippen MR) is 76.6 cm³/mol. The van der Waals surface area contributed by atoms with Crippen LogP contribution in [-0.4, -0.2) is 24.7 Å². The van der Waals surface area contributed by atoms with E-state index in [4.69, 9.17) is 10.6 Å². The molecule has 0 aromatic heterocycles. The van der Waals surface area contributed by atoms with Gasteiger partial charge in [0.25, 0.3) is 0 Å². The lowest BCUT2D eigenvalue weighted by Gasteiger charge is -2.10. The average Bonchev–Trinajstić information content (AvgIpc) is 2.81. The second kappa shape index (κ2) is 6.04. The van der Waals surface area contributed by atoms with Crippen molar-refractivity contribution >= 4 is 17.2 Å². The normalized spacial score (nSPS) is 18.5. The lowest BCUT2D eigenvalue weighted by molar-refractivity contribution is 0.232. The topological polar surface area (TPSA) is 79.9 Å². The monoisotopic (exact) mass is 263 g/mol. The maximum absolute atomic E-state index is 9.28. The molecule has 0 amide bonds. The van der Waals surface area contributed by atoms with Crippen LogP contribution in [0.15, 0.2) is 17.1 Å². The van der Waals surface area contributed by atoms with Crippen LogP contribution >= 0.6 is 0 Å². The van der Waals surface area contributed by atoms with Crippen molar-refractivity contribution in [3.63, 3.8) is 0 Å². The first-order chi connectivity index (χ1) is 9.17. The van der Waals surface area contributed by atoms with Gasteiger partial charge in [-0.15, -0.1) is 0 Å². The Morgan fingerprint density at radius 2 is 2.16 bits per heavy atom. The van der Waals surface area contributed by atoms with Crippen LogP contribution in [0.25, 0.3) is 0 Å². The third-order valence-corrected chi connectivity index (χ3v) is 3.43. The van der Waals surface area contributed by atoms with Gasteiger partial charge in [0.15, 0.2) is 0 Å². The smallest absolute Gasteiger partial charge is 0.0994 e. The number of aliphatic hydroxyl groups is 1. The molecule has 1 aliphatic rings. The number of amidine groups is 1. The van der Waals surface area contributed by atoms with Gasteiger partial charge in [-0.1, -0.05) is 6.92 Å². The molecule has 0 saturated heterocycles. The number of hydrogen-bond acceptors (Lipinski definition) is 4. The van der Waals surface area contributed by atoms with E-state index in [0.717, 1.165) is 24.2 Å². The van der Waals surface area contributed by atoms with Crippen molar-refractivity contribution < 1.29 is 9.94 Å². The highest BCUT2D eigenvalue weighted by molar-refractivity contribution is 5.85. The summed E-state index contributed by atoms with van der Waals surface area (Å²) in [6.45, 7) is 2.19. The van der Waals surface area contributed by atoms with E-state index in [0.29, 0.717) is 18.2 Å². The van der Waals surface area contributed by atoms with Crippen LogP contribution in [0.2, 0.25) is 0 Å². The van der Waals surface area contributed by atoms with Crippen molar-refractivity contribution in [1.29, 1.82) is 0 Å². The fourth-order valence-electron chi connectivity index (χ4n) is 2.40. The van der Waals surface area contributed by atoms with Crippen LogP contribution < -0.4 is 11.2 Å². The molecule has 1 aliphatic carbocycles. The molecule has 0 heterocycles. The number of nitrogens with one attached hydrogen (secondary N) is 1. The second-order valence-corrected chi connectivity index (χ2v) is 4.86. The highest BCUT2D eigenvalue weighted by atomic mass is 16.6. The molecule has 1 aromatic rings. The summed E-state index contributed by atoms with van der Waals surface area (Å²) >= 11 is 0. The quantitative estimate of drug-likeness (QED) is 0.429. The van der Waals surface area contributed by atoms with E-state index in [1.54, 1.807) is 7.11 Å². The Kier molecular flexibility index (Phi) is 4.39. The molecule has 1 aromatic carbocycles. The van der Waals surface area contributed by atoms with Gasteiger partial charge in [-0.05, 0) is 42.0 Å². The first-order valence-corrected chi connectivity index (χ1v) is 6.56. The second-order valence-electron chi connectivity index (χ2n) is 4.86. The predicted octanol–water partition coefficient (Wildman–Crippen LogP) is 1.77. The minimum absolute atomic E-state index is 0.220. The van der Waals surface area contributed by atoms with E-state index in [2.05, 4.69) is 10.5 Å². The molecule has 0 radical (unpaired) electrons. The van der Waals surface area contributed by atoms with Crippen molar-refractivity contribution in [3.8, 4) is 0 Å². The van der Waals surface area contributed by atoms with Crippen molar-refractivity contribution in [2.24, 2.45) is 16.6 Å². The van der Waals surface area contributed by atoms with Gasteiger partial charge < -0.3 is 10.8 Å². The lowest BCUT2D eigenvalue weighted by Crippen LogP contribution is -2.09. The number of aliphatic imine (C=N–C) groups is 1. The van der Waals surface area contributed by atoms with Crippen LogP contribution in [-0.2, 0) is 17.7 Å². The molecule has 19 heavy (non-hydrogen) atoms. The Morgan fingerprint density at radius 3 is 2.74 bits per heavy atom. The number of nitrogens with two attached hydrogens (primary N) is 1. The molecule has 0 spiro atoms. The lowest BCUT2D eigenvalue weighted by atomic mass is 10.1. The number of benzene rings is 1. The van der Waals surface area contributed by atoms with Gasteiger partial charge in [-0.25, -0.2) is 4.99 Å². The number of aliphatic hydroxyl groups excluding tert-OH is 1. The Morgan fingerprint density at radius 1 is 1.47 bits per heavy atom. The van der Waals surface area contributed by atoms with Crippen LogP contribution in [0, 0.1) is 5.92 Å². The van der Waals surface area contributed by atoms with Crippen molar-refractivity contribution in [1.82, 2.24) is 0 Å². The molecule has 4 N–H and O–H groups in total. The van der Waals surface area contributed by atoms with Crippen molar-refractivity contribution in [2.45, 2.75) is 26.2 Å². The molecular formula is C14H21N3O2. The molecule has 0 saturated carbocycles. The van der Waals surface area contributed by atoms with Crippen molar-refractivity contribution in [3.05, 3.63) is 23.3 Å². The molecule has 2 rings (SSSR count). The number of hydrogen-bond donors (Lipinski definition) is 3. The van der Waals surface area contributed by atoms with Gasteiger partial charge in [0, 0.05) is 13.0 Å². The molecule has 1 unspecified atom stereocenters. The Hall–Kier alpha value is -1.59. The van der Waals surface area contributed by atoms with Crippen LogP contribution in [0.1, 0.15) is 24.5 Å². The summed E-state index contributed by atoms with van der Waals surface area (Å²) < 4.78 is 0. The highest BCUT2D eigenvalue weighted by Gasteiger charge is 2.22. The summed E-state index contributed by atoms with van der Waals surface area (Å²) in [4.78, 5) is 9.40. The van der Waals surface area contributed by atoms with Crippen LogP contribution in [0.5, 0.6) is 0 Å². The summed E-state index contributed by atoms with van der Waals surface area (Å²) in [7, 11) is 1.57. The Balaban J connectivity index is 2.37. The van der Waals surface area contributed by atoms with Gasteiger partial charge in [-0.3, -0.25) is 10.3 Å². The molecule has 0 aliphatic heterocycles. The molecule has 5 nitrogen and oxygen atoms in total. The molecule has 0 fully saturated rings. The van der Waals surface area contributed by atoms with Crippen molar-refractivity contribution in [2.75, 3.05) is 19.2 Å². The standard InChI is InChI=1S/C14H21N3O2/c1-3-14(15)16-12-6-10-4-9(8-18)5-11(10)7-13(12)17-19-2/h6-7,9,17-18H,3-5,8H2,1-2H3,(H2,15,16). The third kappa shape index (κ3) is 3.05.